The van der Waals surface area contributed by atoms with Crippen LogP contribution in [0, 0.1) is 0 Å². The number of anilines is 9. The van der Waals surface area contributed by atoms with Gasteiger partial charge in [0.15, 0.2) is 0 Å². The van der Waals surface area contributed by atoms with Crippen LogP contribution in [0.5, 0.6) is 0 Å². The molecule has 0 spiro atoms. The van der Waals surface area contributed by atoms with Gasteiger partial charge in [0.1, 0.15) is 17.0 Å². The fourth-order valence-corrected chi connectivity index (χ4v) is 10.0. The summed E-state index contributed by atoms with van der Waals surface area (Å²) in [5.74, 6) is 1.08. The Morgan fingerprint density at radius 1 is 0.313 bits per heavy atom. The smallest absolute Gasteiger partial charge is 0.148 e. The highest BCUT2D eigenvalue weighted by Crippen LogP contribution is 2.58. The molecule has 5 nitrogen and oxygen atoms in total. The van der Waals surface area contributed by atoms with Crippen LogP contribution in [0.3, 0.4) is 0 Å². The highest BCUT2D eigenvalue weighted by Gasteiger charge is 2.36. The molecular formula is C62H42N4O. The fraction of sp³-hybridized carbons (Fsp3) is 0. The lowest BCUT2D eigenvalue weighted by molar-refractivity contribution is 0.669. The first-order valence-corrected chi connectivity index (χ1v) is 22.8. The zero-order chi connectivity index (χ0) is 44.3. The number of aromatic nitrogens is 1. The molecule has 13 rings (SSSR count). The minimum atomic E-state index is 0.853. The molecule has 0 amide bonds. The van der Waals surface area contributed by atoms with E-state index in [4.69, 9.17) is 4.42 Å². The normalized spacial score (nSPS) is 12.1. The van der Waals surface area contributed by atoms with Gasteiger partial charge >= 0.3 is 0 Å². The summed E-state index contributed by atoms with van der Waals surface area (Å²) in [6.45, 7) is 0. The van der Waals surface area contributed by atoms with E-state index in [1.165, 1.54) is 5.56 Å². The Kier molecular flexibility index (Phi) is 9.10. The van der Waals surface area contributed by atoms with Crippen LogP contribution in [0.2, 0.25) is 0 Å². The van der Waals surface area contributed by atoms with E-state index in [0.717, 1.165) is 107 Å². The van der Waals surface area contributed by atoms with Crippen LogP contribution >= 0.6 is 0 Å². The number of benzene rings is 10. The number of hydrogen-bond donors (Lipinski definition) is 0. The number of nitrogens with zero attached hydrogens (tertiary/aromatic N) is 4. The molecule has 12 aromatic rings. The van der Waals surface area contributed by atoms with Crippen molar-refractivity contribution in [3.8, 4) is 27.9 Å². The third-order valence-electron chi connectivity index (χ3n) is 13.0. The van der Waals surface area contributed by atoms with Crippen molar-refractivity contribution >= 4 is 84.2 Å². The van der Waals surface area contributed by atoms with E-state index in [9.17, 15) is 0 Å². The summed E-state index contributed by atoms with van der Waals surface area (Å²) in [7, 11) is 0. The molecule has 1 aliphatic rings. The van der Waals surface area contributed by atoms with Crippen molar-refractivity contribution in [3.05, 3.63) is 255 Å². The third kappa shape index (κ3) is 6.47. The molecule has 0 fully saturated rings. The van der Waals surface area contributed by atoms with Gasteiger partial charge in [0.25, 0.3) is 0 Å². The van der Waals surface area contributed by atoms with Gasteiger partial charge < -0.3 is 14.2 Å². The van der Waals surface area contributed by atoms with E-state index in [1.54, 1.807) is 0 Å². The SMILES string of the molecule is c1ccc(-c2cccc(N(c3cccc(-c4ccc5c(c4)c4c(n5-c5ccccc5)N(c5ccccc5)c5ccccc5N4c4ccccc4)c3)c3ccc4c(c3)oc3ccccc34)c2)cc1. The Morgan fingerprint density at radius 2 is 0.821 bits per heavy atom. The van der Waals surface area contributed by atoms with Crippen LogP contribution in [-0.4, -0.2) is 4.57 Å². The zero-order valence-corrected chi connectivity index (χ0v) is 36.4. The monoisotopic (exact) mass is 858 g/mol. The van der Waals surface area contributed by atoms with E-state index in [-0.39, 0.29) is 0 Å². The third-order valence-corrected chi connectivity index (χ3v) is 13.0. The van der Waals surface area contributed by atoms with Gasteiger partial charge in [-0.3, -0.25) is 9.47 Å². The summed E-state index contributed by atoms with van der Waals surface area (Å²) >= 11 is 0. The second-order valence-electron chi connectivity index (χ2n) is 17.0. The summed E-state index contributed by atoms with van der Waals surface area (Å²) < 4.78 is 8.91. The highest BCUT2D eigenvalue weighted by atomic mass is 16.3. The average molecular weight is 859 g/mol. The Morgan fingerprint density at radius 3 is 1.51 bits per heavy atom. The molecular weight excluding hydrogens is 817 g/mol. The van der Waals surface area contributed by atoms with Gasteiger partial charge in [0, 0.05) is 56.3 Å². The Bertz CT molecular complexity index is 3770. The summed E-state index contributed by atoms with van der Waals surface area (Å²) in [6.07, 6.45) is 0. The van der Waals surface area contributed by atoms with Gasteiger partial charge in [-0.2, -0.15) is 0 Å². The van der Waals surface area contributed by atoms with Crippen molar-refractivity contribution in [3.63, 3.8) is 0 Å². The maximum atomic E-state index is 6.48. The van der Waals surface area contributed by atoms with Crippen molar-refractivity contribution in [1.82, 2.24) is 4.57 Å². The summed E-state index contributed by atoms with van der Waals surface area (Å²) in [4.78, 5) is 7.22. The Balaban J connectivity index is 1.03. The molecule has 0 atom stereocenters. The number of hydrogen-bond acceptors (Lipinski definition) is 4. The molecule has 67 heavy (non-hydrogen) atoms. The van der Waals surface area contributed by atoms with Gasteiger partial charge in [-0.1, -0.05) is 146 Å². The molecule has 0 N–H and O–H groups in total. The predicted molar refractivity (Wildman–Crippen MR) is 279 cm³/mol. The van der Waals surface area contributed by atoms with Crippen LogP contribution in [0.25, 0.3) is 60.8 Å². The molecule has 0 saturated heterocycles. The van der Waals surface area contributed by atoms with E-state index in [0.29, 0.717) is 0 Å². The molecule has 0 unspecified atom stereocenters. The molecule has 2 aromatic heterocycles. The fourth-order valence-electron chi connectivity index (χ4n) is 10.0. The topological polar surface area (TPSA) is 27.8 Å². The molecule has 0 radical (unpaired) electrons. The van der Waals surface area contributed by atoms with Crippen LogP contribution in [-0.2, 0) is 0 Å². The number of para-hydroxylation sites is 6. The number of fused-ring (bicyclic) bond motifs is 7. The Hall–Kier alpha value is -9.06. The van der Waals surface area contributed by atoms with Crippen molar-refractivity contribution in [2.24, 2.45) is 0 Å². The van der Waals surface area contributed by atoms with Crippen LogP contribution in [0.1, 0.15) is 0 Å². The van der Waals surface area contributed by atoms with E-state index < -0.39 is 0 Å². The highest BCUT2D eigenvalue weighted by molar-refractivity contribution is 6.14. The summed E-state index contributed by atoms with van der Waals surface area (Å²) in [5.41, 5.74) is 17.1. The minimum absolute atomic E-state index is 0.853. The molecule has 316 valence electrons. The standard InChI is InChI=1S/C62H42N4O/c1-5-19-43(20-6-1)44-21-17-29-50(39-44)63(52-36-37-54-53-31-13-16-34-59(53)67-60(54)42-52)51-30-18-22-45(40-51)46-35-38-56-55(41-46)61-62(65(56)48-25-9-3-10-26-48)66(49-27-11-4-12-28-49)58-33-15-14-32-57(58)64(61)47-23-7-2-8-24-47/h1-42H. The van der Waals surface area contributed by atoms with E-state index in [1.807, 2.05) is 12.1 Å². The second kappa shape index (κ2) is 15.9. The maximum Gasteiger partial charge on any atom is 0.148 e. The average Bonchev–Trinajstić information content (AvgIpc) is 3.94. The Labute approximate surface area is 388 Å². The molecule has 0 bridgehead atoms. The van der Waals surface area contributed by atoms with E-state index in [2.05, 4.69) is 262 Å². The van der Waals surface area contributed by atoms with Crippen molar-refractivity contribution in [1.29, 1.82) is 0 Å². The van der Waals surface area contributed by atoms with Gasteiger partial charge in [-0.15, -0.1) is 0 Å². The quantitative estimate of drug-likeness (QED) is 0.152. The van der Waals surface area contributed by atoms with Gasteiger partial charge in [0.05, 0.1) is 22.6 Å². The lowest BCUT2D eigenvalue weighted by Crippen LogP contribution is -2.25. The van der Waals surface area contributed by atoms with Crippen LogP contribution < -0.4 is 14.7 Å². The number of furan rings is 1. The first kappa shape index (κ1) is 38.4. The predicted octanol–water partition coefficient (Wildman–Crippen LogP) is 17.6. The van der Waals surface area contributed by atoms with Gasteiger partial charge in [-0.05, 0) is 125 Å². The maximum absolute atomic E-state index is 6.48. The molecule has 1 aliphatic heterocycles. The van der Waals surface area contributed by atoms with Crippen LogP contribution in [0.15, 0.2) is 259 Å². The second-order valence-corrected chi connectivity index (χ2v) is 17.0. The van der Waals surface area contributed by atoms with Crippen molar-refractivity contribution < 1.29 is 4.42 Å². The van der Waals surface area contributed by atoms with Crippen LogP contribution in [0.4, 0.5) is 51.3 Å². The van der Waals surface area contributed by atoms with Gasteiger partial charge in [-0.25, -0.2) is 0 Å². The summed E-state index contributed by atoms with van der Waals surface area (Å²) in [6, 6.07) is 91.2. The minimum Gasteiger partial charge on any atom is -0.456 e. The first-order chi connectivity index (χ1) is 33.2. The zero-order valence-electron chi connectivity index (χ0n) is 36.4. The largest absolute Gasteiger partial charge is 0.456 e. The molecule has 0 aliphatic carbocycles. The molecule has 0 saturated carbocycles. The molecule has 10 aromatic carbocycles. The lowest BCUT2D eigenvalue weighted by Gasteiger charge is -2.39. The van der Waals surface area contributed by atoms with Crippen molar-refractivity contribution in [2.75, 3.05) is 14.7 Å². The molecule has 3 heterocycles. The van der Waals surface area contributed by atoms with E-state index >= 15 is 0 Å². The van der Waals surface area contributed by atoms with Gasteiger partial charge in [0.2, 0.25) is 0 Å². The summed E-state index contributed by atoms with van der Waals surface area (Å²) in [5, 5.41) is 3.36. The number of rotatable bonds is 8. The lowest BCUT2D eigenvalue weighted by atomic mass is 10.0. The first-order valence-electron chi connectivity index (χ1n) is 22.8. The molecule has 5 heteroatoms. The van der Waals surface area contributed by atoms with Crippen molar-refractivity contribution in [2.45, 2.75) is 0 Å².